The molecule has 50 heavy (non-hydrogen) atoms. The zero-order valence-corrected chi connectivity index (χ0v) is 29.1. The van der Waals surface area contributed by atoms with Crippen LogP contribution in [0.5, 0.6) is 0 Å². The molecule has 2 atom stereocenters. The highest BCUT2D eigenvalue weighted by Crippen LogP contribution is 2.23. The fourth-order valence-corrected chi connectivity index (χ4v) is 5.08. The first kappa shape index (κ1) is 37.7. The van der Waals surface area contributed by atoms with Gasteiger partial charge < -0.3 is 14.4 Å². The minimum Gasteiger partial charge on any atom is -0.452 e. The van der Waals surface area contributed by atoms with Crippen molar-refractivity contribution in [1.29, 1.82) is 0 Å². The zero-order valence-electron chi connectivity index (χ0n) is 26.8. The summed E-state index contributed by atoms with van der Waals surface area (Å²) in [7, 11) is 0. The lowest BCUT2D eigenvalue weighted by molar-refractivity contribution is -0.157. The van der Waals surface area contributed by atoms with E-state index in [1.54, 1.807) is 36.4 Å². The number of nitrogens with one attached hydrogen (secondary N) is 2. The van der Waals surface area contributed by atoms with Crippen LogP contribution in [0.3, 0.4) is 0 Å². The Morgan fingerprint density at radius 3 is 2.10 bits per heavy atom. The predicted molar refractivity (Wildman–Crippen MR) is 191 cm³/mol. The van der Waals surface area contributed by atoms with Gasteiger partial charge in [-0.05, 0) is 35.7 Å². The van der Waals surface area contributed by atoms with Gasteiger partial charge in [-0.3, -0.25) is 24.6 Å². The van der Waals surface area contributed by atoms with Crippen molar-refractivity contribution in [2.45, 2.75) is 25.7 Å². The lowest BCUT2D eigenvalue weighted by Crippen LogP contribution is -2.48. The number of aromatic amines is 1. The number of aromatic nitrogens is 1. The molecule has 1 unspecified atom stereocenters. The molecule has 1 heterocycles. The number of carbonyl (C=O) groups excluding carboxylic acids is 4. The largest absolute Gasteiger partial charge is 0.452 e. The molecule has 0 fully saturated rings. The number of hydrogen-bond acceptors (Lipinski definition) is 9. The van der Waals surface area contributed by atoms with Crippen LogP contribution < -0.4 is 11.0 Å². The molecule has 5 rings (SSSR count). The van der Waals surface area contributed by atoms with E-state index in [-0.39, 0.29) is 24.6 Å². The maximum atomic E-state index is 12.6. The molecule has 258 valence electrons. The van der Waals surface area contributed by atoms with Crippen LogP contribution in [0, 0.1) is 0 Å². The van der Waals surface area contributed by atoms with Crippen molar-refractivity contribution in [2.24, 2.45) is 0 Å². The average molecular weight is 763 g/mol. The molecule has 13 heteroatoms. The summed E-state index contributed by atoms with van der Waals surface area (Å²) in [6, 6.07) is 33.3. The lowest BCUT2D eigenvalue weighted by Gasteiger charge is -2.25. The second-order valence-corrected chi connectivity index (χ2v) is 11.9. The van der Waals surface area contributed by atoms with Crippen LogP contribution >= 0.6 is 27.5 Å². The highest BCUT2D eigenvalue weighted by atomic mass is 79.9. The smallest absolute Gasteiger partial charge is 0.337 e. The van der Waals surface area contributed by atoms with Gasteiger partial charge in [-0.2, -0.15) is 5.16 Å². The molecule has 11 nitrogen and oxygen atoms in total. The Morgan fingerprint density at radius 2 is 1.52 bits per heavy atom. The summed E-state index contributed by atoms with van der Waals surface area (Å²) in [4.78, 5) is 60.2. The summed E-state index contributed by atoms with van der Waals surface area (Å²) in [6.07, 6.45) is -2.85. The van der Waals surface area contributed by atoms with E-state index < -0.39 is 35.4 Å². The monoisotopic (exact) mass is 761 g/mol. The van der Waals surface area contributed by atoms with Gasteiger partial charge in [0, 0.05) is 22.7 Å². The van der Waals surface area contributed by atoms with Crippen molar-refractivity contribution in [1.82, 2.24) is 15.6 Å². The number of rotatable bonds is 13. The van der Waals surface area contributed by atoms with Crippen molar-refractivity contribution in [2.75, 3.05) is 11.9 Å². The zero-order chi connectivity index (χ0) is 36.0. The summed E-state index contributed by atoms with van der Waals surface area (Å²) in [6.45, 7) is 1.09. The molecule has 0 aliphatic heterocycles. The van der Waals surface area contributed by atoms with Crippen LogP contribution in [0.25, 0.3) is 11.1 Å². The number of aliphatic hydroxyl groups is 1. The van der Waals surface area contributed by atoms with Crippen molar-refractivity contribution in [3.05, 3.63) is 153 Å². The number of alkyl halides is 1. The van der Waals surface area contributed by atoms with E-state index in [9.17, 15) is 29.1 Å². The molecule has 0 saturated carbocycles. The highest BCUT2D eigenvalue weighted by molar-refractivity contribution is 9.09. The summed E-state index contributed by atoms with van der Waals surface area (Å²) in [5.74, 6) is -2.40. The lowest BCUT2D eigenvalue weighted by atomic mass is 10.0. The molecule has 4 aromatic carbocycles. The van der Waals surface area contributed by atoms with E-state index in [2.05, 4.69) is 21.4 Å². The fraction of sp³-hybridized carbons (Fsp3) is 0.162. The number of ether oxygens (including phenoxy) is 1. The number of hydrazine groups is 1. The maximum Gasteiger partial charge on any atom is 0.337 e. The first-order valence-electron chi connectivity index (χ1n) is 15.3. The Kier molecular flexibility index (Phi) is 14.0. The highest BCUT2D eigenvalue weighted by Gasteiger charge is 2.27. The first-order valence-corrected chi connectivity index (χ1v) is 16.8. The van der Waals surface area contributed by atoms with E-state index in [0.717, 1.165) is 28.3 Å². The Morgan fingerprint density at radius 1 is 0.880 bits per heavy atom. The van der Waals surface area contributed by atoms with Gasteiger partial charge in [0.25, 0.3) is 5.56 Å². The van der Waals surface area contributed by atoms with E-state index in [1.807, 2.05) is 78.0 Å². The molecule has 0 bridgehead atoms. The molecule has 0 aliphatic carbocycles. The van der Waals surface area contributed by atoms with E-state index in [1.165, 1.54) is 11.9 Å². The number of nitrogens with zero attached hydrogens (tertiary/aromatic N) is 1. The molecule has 1 aromatic heterocycles. The van der Waals surface area contributed by atoms with Gasteiger partial charge in [0.1, 0.15) is 0 Å². The molecule has 1 amide bonds. The van der Waals surface area contributed by atoms with Gasteiger partial charge in [0.05, 0.1) is 17.9 Å². The third kappa shape index (κ3) is 11.2. The van der Waals surface area contributed by atoms with Crippen molar-refractivity contribution in [3.8, 4) is 11.1 Å². The molecule has 0 spiro atoms. The van der Waals surface area contributed by atoms with E-state index >= 15 is 0 Å². The van der Waals surface area contributed by atoms with Crippen LogP contribution in [0.2, 0.25) is 5.02 Å². The standard InChI is InChI=1S/C29H26ClN3O7.C8H7BrO/c1-18(27(36)21-6-3-2-4-7-21)39-29(38)24(34)17-33(31-28(37)25-15-26(35)32-40-25)16-19-10-12-20(13-11-19)22-8-5-9-23(30)14-22;9-6-8(10)7-4-2-1-3-5-7/h2-15,18,24,34H,16-17H2,1H3,(H,31,37)(H,32,35);1-5H,6H2/t18?,24-;/m1./s1. The normalized spacial score (nSPS) is 11.9. The van der Waals surface area contributed by atoms with Gasteiger partial charge in [-0.25, -0.2) is 9.80 Å². The second kappa shape index (κ2) is 18.6. The van der Waals surface area contributed by atoms with Gasteiger partial charge >= 0.3 is 11.9 Å². The Balaban J connectivity index is 0.000000482. The quantitative estimate of drug-likeness (QED) is 0.0577. The molecule has 3 N–H and O–H groups in total. The molecule has 5 aromatic rings. The summed E-state index contributed by atoms with van der Waals surface area (Å²) in [5, 5.41) is 14.9. The summed E-state index contributed by atoms with van der Waals surface area (Å²) < 4.78 is 10.0. The predicted octanol–water partition coefficient (Wildman–Crippen LogP) is 5.88. The van der Waals surface area contributed by atoms with Crippen molar-refractivity contribution in [3.63, 3.8) is 0 Å². The molecule has 0 saturated heterocycles. The van der Waals surface area contributed by atoms with Gasteiger partial charge in [0.15, 0.2) is 18.0 Å². The number of ketones is 2. The van der Waals surface area contributed by atoms with Crippen LogP contribution in [-0.2, 0) is 16.1 Å². The Bertz CT molecular complexity index is 1950. The number of carbonyl (C=O) groups is 4. The number of amides is 1. The molecule has 0 aliphatic rings. The fourth-order valence-electron chi connectivity index (χ4n) is 4.56. The third-order valence-corrected chi connectivity index (χ3v) is 7.84. The Hall–Kier alpha value is -5.14. The number of benzene rings is 4. The van der Waals surface area contributed by atoms with E-state index in [4.69, 9.17) is 20.9 Å². The number of halogens is 2. The SMILES string of the molecule is CC(OC(=O)[C@H](O)CN(Cc1ccc(-c2cccc(Cl)c2)cc1)NC(=O)c1cc(=O)[nH]o1)C(=O)c1ccccc1.O=C(CBr)c1ccccc1. The second-order valence-electron chi connectivity index (χ2n) is 10.9. The summed E-state index contributed by atoms with van der Waals surface area (Å²) in [5.41, 5.74) is 5.61. The van der Waals surface area contributed by atoms with Crippen LogP contribution in [0.15, 0.2) is 125 Å². The molecular formula is C37H33BrClN3O8. The number of H-pyrrole nitrogens is 1. The third-order valence-electron chi connectivity index (χ3n) is 7.10. The summed E-state index contributed by atoms with van der Waals surface area (Å²) >= 11 is 9.19. The number of Topliss-reactive ketones (excluding diaryl/α,β-unsaturated/α-hetero) is 2. The minimum absolute atomic E-state index is 0.0685. The molecular weight excluding hydrogens is 730 g/mol. The number of esters is 1. The number of aliphatic hydroxyl groups excluding tert-OH is 1. The van der Waals surface area contributed by atoms with Gasteiger partial charge in [-0.15, -0.1) is 0 Å². The maximum absolute atomic E-state index is 12.6. The van der Waals surface area contributed by atoms with Crippen LogP contribution in [0.1, 0.15) is 43.8 Å². The Labute approximate surface area is 300 Å². The number of hydrogen-bond donors (Lipinski definition) is 3. The van der Waals surface area contributed by atoms with Crippen molar-refractivity contribution < 1.29 is 33.5 Å². The van der Waals surface area contributed by atoms with Gasteiger partial charge in [0.2, 0.25) is 11.5 Å². The first-order chi connectivity index (χ1) is 24.0. The molecule has 0 radical (unpaired) electrons. The topological polar surface area (TPSA) is 159 Å². The van der Waals surface area contributed by atoms with Crippen LogP contribution in [0.4, 0.5) is 0 Å². The average Bonchev–Trinajstić information content (AvgIpc) is 3.58. The van der Waals surface area contributed by atoms with Gasteiger partial charge in [-0.1, -0.05) is 125 Å². The van der Waals surface area contributed by atoms with Crippen molar-refractivity contribution >= 4 is 51.0 Å². The van der Waals surface area contributed by atoms with Crippen LogP contribution in [-0.4, -0.2) is 62.8 Å². The minimum atomic E-state index is -1.71. The van der Waals surface area contributed by atoms with E-state index in [0.29, 0.717) is 15.9 Å².